The summed E-state index contributed by atoms with van der Waals surface area (Å²) in [6.07, 6.45) is -4.52. The first-order chi connectivity index (χ1) is 16.2. The van der Waals surface area contributed by atoms with Crippen molar-refractivity contribution in [1.82, 2.24) is 15.1 Å². The molecule has 2 amide bonds. The minimum Gasteiger partial charge on any atom is -0.343 e. The molecule has 0 unspecified atom stereocenters. The van der Waals surface area contributed by atoms with Gasteiger partial charge in [-0.05, 0) is 42.5 Å². The van der Waals surface area contributed by atoms with Crippen LogP contribution in [-0.4, -0.2) is 34.3 Å². The fourth-order valence-electron chi connectivity index (χ4n) is 3.28. The molecule has 2 N–H and O–H groups in total. The Bertz CT molecular complexity index is 1420. The number of benzene rings is 3. The van der Waals surface area contributed by atoms with E-state index in [4.69, 9.17) is 0 Å². The van der Waals surface area contributed by atoms with Crippen molar-refractivity contribution in [3.05, 3.63) is 100 Å². The Labute approximate surface area is 190 Å². The first-order valence-corrected chi connectivity index (χ1v) is 10.1. The highest BCUT2D eigenvalue weighted by atomic mass is 19.4. The number of nitrogens with zero attached hydrogens (tertiary/aromatic N) is 2. The van der Waals surface area contributed by atoms with Crippen LogP contribution in [0.3, 0.4) is 0 Å². The molecule has 3 aromatic carbocycles. The molecule has 0 bridgehead atoms. The molecule has 0 aliphatic carbocycles. The number of aromatic nitrogens is 2. The number of fused-ring (bicyclic) bond motifs is 1. The number of halogens is 3. The Kier molecular flexibility index (Phi) is 6.13. The van der Waals surface area contributed by atoms with Crippen molar-refractivity contribution in [2.45, 2.75) is 6.18 Å². The average molecular weight is 466 g/mol. The molecule has 0 spiro atoms. The predicted octanol–water partition coefficient (Wildman–Crippen LogP) is 3.93. The fraction of sp³-hybridized carbons (Fsp3) is 0.0833. The molecule has 0 radical (unpaired) electrons. The number of hydrogen-bond acceptors (Lipinski definition) is 4. The van der Waals surface area contributed by atoms with E-state index in [1.54, 1.807) is 59.9 Å². The zero-order valence-corrected chi connectivity index (χ0v) is 17.5. The third-order valence-corrected chi connectivity index (χ3v) is 4.88. The normalized spacial score (nSPS) is 11.3. The highest BCUT2D eigenvalue weighted by molar-refractivity contribution is 6.11. The zero-order chi connectivity index (χ0) is 24.3. The lowest BCUT2D eigenvalue weighted by molar-refractivity contribution is -0.123. The maximum absolute atomic E-state index is 13.1. The summed E-state index contributed by atoms with van der Waals surface area (Å²) in [6, 6.07) is 20.6. The van der Waals surface area contributed by atoms with Gasteiger partial charge in [0.1, 0.15) is 6.54 Å². The molecule has 7 nitrogen and oxygen atoms in total. The lowest BCUT2D eigenvalue weighted by Crippen LogP contribution is -2.33. The highest BCUT2D eigenvalue weighted by Gasteiger charge is 2.28. The second-order valence-electron chi connectivity index (χ2n) is 7.28. The number of rotatable bonds is 5. The molecule has 172 valence electrons. The second kappa shape index (κ2) is 9.18. The van der Waals surface area contributed by atoms with Gasteiger partial charge in [-0.3, -0.25) is 14.4 Å². The monoisotopic (exact) mass is 466 g/mol. The summed E-state index contributed by atoms with van der Waals surface area (Å²) in [5, 5.41) is 9.37. The van der Waals surface area contributed by atoms with Crippen LogP contribution in [0.2, 0.25) is 0 Å². The molecular formula is C24H17F3N4O3. The minimum atomic E-state index is -4.52. The van der Waals surface area contributed by atoms with Crippen LogP contribution in [0.25, 0.3) is 16.5 Å². The number of hydrogen-bond donors (Lipinski definition) is 2. The summed E-state index contributed by atoms with van der Waals surface area (Å²) >= 11 is 0. The van der Waals surface area contributed by atoms with E-state index in [1.165, 1.54) is 24.3 Å². The van der Waals surface area contributed by atoms with Crippen molar-refractivity contribution in [2.24, 2.45) is 0 Å². The topological polar surface area (TPSA) is 93.1 Å². The molecule has 0 saturated carbocycles. The molecule has 4 rings (SSSR count). The van der Waals surface area contributed by atoms with E-state index >= 15 is 0 Å². The van der Waals surface area contributed by atoms with Crippen molar-refractivity contribution in [3.63, 3.8) is 0 Å². The first kappa shape index (κ1) is 22.7. The molecule has 0 atom stereocenters. The standard InChI is InChI=1S/C24H17F3N4O3/c25-24(26,27)14-28-21(32)15-10-12-16(13-11-15)29-22(33)20-18-8-4-5-9-19(18)23(34)31(30-20)17-6-2-1-3-7-17/h1-13H,14H2,(H,28,32)(H,29,33). The third-order valence-electron chi connectivity index (χ3n) is 4.88. The molecular weight excluding hydrogens is 449 g/mol. The van der Waals surface area contributed by atoms with Crippen LogP contribution in [0.4, 0.5) is 18.9 Å². The van der Waals surface area contributed by atoms with Gasteiger partial charge in [-0.15, -0.1) is 0 Å². The fourth-order valence-corrected chi connectivity index (χ4v) is 3.28. The Morgan fingerprint density at radius 2 is 1.44 bits per heavy atom. The molecule has 0 aliphatic rings. The van der Waals surface area contributed by atoms with E-state index in [0.717, 1.165) is 4.68 Å². The number of para-hydroxylation sites is 1. The van der Waals surface area contributed by atoms with Gasteiger partial charge in [-0.2, -0.15) is 23.0 Å². The van der Waals surface area contributed by atoms with Crippen molar-refractivity contribution in [1.29, 1.82) is 0 Å². The van der Waals surface area contributed by atoms with Crippen LogP contribution in [-0.2, 0) is 0 Å². The quantitative estimate of drug-likeness (QED) is 0.466. The summed E-state index contributed by atoms with van der Waals surface area (Å²) in [4.78, 5) is 37.9. The van der Waals surface area contributed by atoms with Crippen LogP contribution >= 0.6 is 0 Å². The Morgan fingerprint density at radius 1 is 0.824 bits per heavy atom. The van der Waals surface area contributed by atoms with Crippen molar-refractivity contribution < 1.29 is 22.8 Å². The molecule has 0 fully saturated rings. The van der Waals surface area contributed by atoms with Crippen LogP contribution in [0.1, 0.15) is 20.8 Å². The summed E-state index contributed by atoms with van der Waals surface area (Å²) in [5.41, 5.74) is 0.407. The molecule has 0 saturated heterocycles. The summed E-state index contributed by atoms with van der Waals surface area (Å²) in [5.74, 6) is -1.49. The van der Waals surface area contributed by atoms with E-state index < -0.39 is 24.5 Å². The molecule has 4 aromatic rings. The van der Waals surface area contributed by atoms with Gasteiger partial charge in [0.15, 0.2) is 5.69 Å². The van der Waals surface area contributed by atoms with Gasteiger partial charge >= 0.3 is 6.18 Å². The van der Waals surface area contributed by atoms with Gasteiger partial charge in [-0.1, -0.05) is 36.4 Å². The smallest absolute Gasteiger partial charge is 0.343 e. The van der Waals surface area contributed by atoms with Gasteiger partial charge < -0.3 is 10.6 Å². The molecule has 10 heteroatoms. The molecule has 34 heavy (non-hydrogen) atoms. The van der Waals surface area contributed by atoms with Gasteiger partial charge in [0.05, 0.1) is 11.1 Å². The van der Waals surface area contributed by atoms with Crippen molar-refractivity contribution in [2.75, 3.05) is 11.9 Å². The van der Waals surface area contributed by atoms with Crippen LogP contribution in [0.5, 0.6) is 0 Å². The Hall–Kier alpha value is -4.47. The van der Waals surface area contributed by atoms with Gasteiger partial charge in [0, 0.05) is 16.6 Å². The minimum absolute atomic E-state index is 0.00320. The number of anilines is 1. The lowest BCUT2D eigenvalue weighted by atomic mass is 10.1. The number of nitrogens with one attached hydrogen (secondary N) is 2. The SMILES string of the molecule is O=C(NCC(F)(F)F)c1ccc(NC(=O)c2nn(-c3ccccc3)c(=O)c3ccccc23)cc1. The maximum Gasteiger partial charge on any atom is 0.405 e. The van der Waals surface area contributed by atoms with E-state index in [0.29, 0.717) is 22.1 Å². The van der Waals surface area contributed by atoms with E-state index in [9.17, 15) is 27.6 Å². The van der Waals surface area contributed by atoms with Crippen molar-refractivity contribution in [3.8, 4) is 5.69 Å². The summed E-state index contributed by atoms with van der Waals surface area (Å²) in [6.45, 7) is -1.44. The van der Waals surface area contributed by atoms with Gasteiger partial charge in [0.2, 0.25) is 0 Å². The number of amides is 2. The maximum atomic E-state index is 13.1. The van der Waals surface area contributed by atoms with E-state index in [2.05, 4.69) is 10.4 Å². The lowest BCUT2D eigenvalue weighted by Gasteiger charge is -2.12. The van der Waals surface area contributed by atoms with Crippen LogP contribution in [0, 0.1) is 0 Å². The molecule has 0 aliphatic heterocycles. The average Bonchev–Trinajstić information content (AvgIpc) is 2.83. The number of carbonyl (C=O) groups excluding carboxylic acids is 2. The predicted molar refractivity (Wildman–Crippen MR) is 120 cm³/mol. The van der Waals surface area contributed by atoms with Crippen LogP contribution < -0.4 is 16.2 Å². The van der Waals surface area contributed by atoms with E-state index in [1.807, 2.05) is 0 Å². The Morgan fingerprint density at radius 3 is 2.09 bits per heavy atom. The van der Waals surface area contributed by atoms with Gasteiger partial charge in [-0.25, -0.2) is 0 Å². The highest BCUT2D eigenvalue weighted by Crippen LogP contribution is 2.18. The second-order valence-corrected chi connectivity index (χ2v) is 7.28. The molecule has 1 aromatic heterocycles. The largest absolute Gasteiger partial charge is 0.405 e. The summed E-state index contributed by atoms with van der Waals surface area (Å²) < 4.78 is 38.0. The van der Waals surface area contributed by atoms with Gasteiger partial charge in [0.25, 0.3) is 17.4 Å². The van der Waals surface area contributed by atoms with Crippen molar-refractivity contribution >= 4 is 28.3 Å². The molecule has 1 heterocycles. The van der Waals surface area contributed by atoms with Crippen LogP contribution in [0.15, 0.2) is 83.7 Å². The van der Waals surface area contributed by atoms with E-state index in [-0.39, 0.29) is 16.8 Å². The number of alkyl halides is 3. The first-order valence-electron chi connectivity index (χ1n) is 10.1. The zero-order valence-electron chi connectivity index (χ0n) is 17.5. The third kappa shape index (κ3) is 4.96. The summed E-state index contributed by atoms with van der Waals surface area (Å²) in [7, 11) is 0. The number of carbonyl (C=O) groups is 2. The Balaban J connectivity index is 1.62.